The molecule has 0 radical (unpaired) electrons. The fourth-order valence-corrected chi connectivity index (χ4v) is 2.62. The van der Waals surface area contributed by atoms with Crippen molar-refractivity contribution in [3.63, 3.8) is 0 Å². The van der Waals surface area contributed by atoms with Gasteiger partial charge >= 0.3 is 0 Å². The van der Waals surface area contributed by atoms with Crippen molar-refractivity contribution < 1.29 is 5.11 Å². The van der Waals surface area contributed by atoms with E-state index < -0.39 is 0 Å². The molecular formula is C14H18Cl2N4O. The van der Waals surface area contributed by atoms with Gasteiger partial charge in [-0.2, -0.15) is 0 Å². The minimum Gasteiger partial charge on any atom is -0.506 e. The van der Waals surface area contributed by atoms with Crippen molar-refractivity contribution in [2.75, 3.05) is 7.05 Å². The Balaban J connectivity index is 2.10. The molecule has 1 aromatic carbocycles. The molecule has 0 fully saturated rings. The highest BCUT2D eigenvalue weighted by Gasteiger charge is 2.14. The number of benzene rings is 1. The molecule has 114 valence electrons. The first-order valence-corrected chi connectivity index (χ1v) is 7.49. The average Bonchev–Trinajstić information content (AvgIpc) is 2.87. The van der Waals surface area contributed by atoms with Crippen LogP contribution in [0.1, 0.15) is 24.7 Å². The number of halogens is 2. The molecule has 0 saturated carbocycles. The fourth-order valence-electron chi connectivity index (χ4n) is 2.13. The van der Waals surface area contributed by atoms with Crippen LogP contribution in [0.2, 0.25) is 10.0 Å². The number of hydrogen-bond acceptors (Lipinski definition) is 4. The Morgan fingerprint density at radius 1 is 1.29 bits per heavy atom. The van der Waals surface area contributed by atoms with Gasteiger partial charge in [-0.3, -0.25) is 4.90 Å². The van der Waals surface area contributed by atoms with Gasteiger partial charge in [0, 0.05) is 23.7 Å². The van der Waals surface area contributed by atoms with Crippen molar-refractivity contribution in [1.29, 1.82) is 0 Å². The molecule has 5 nitrogen and oxygen atoms in total. The van der Waals surface area contributed by atoms with Crippen molar-refractivity contribution >= 4 is 23.2 Å². The summed E-state index contributed by atoms with van der Waals surface area (Å²) in [5.74, 6) is 0.936. The van der Waals surface area contributed by atoms with E-state index in [9.17, 15) is 5.11 Å². The van der Waals surface area contributed by atoms with Crippen LogP contribution in [0.25, 0.3) is 0 Å². The maximum Gasteiger partial charge on any atom is 0.147 e. The predicted molar refractivity (Wildman–Crippen MR) is 83.6 cm³/mol. The third kappa shape index (κ3) is 3.87. The molecular weight excluding hydrogens is 311 g/mol. The van der Waals surface area contributed by atoms with Gasteiger partial charge in [0.2, 0.25) is 0 Å². The highest BCUT2D eigenvalue weighted by atomic mass is 35.5. The normalized spacial score (nSPS) is 11.3. The zero-order valence-electron chi connectivity index (χ0n) is 12.1. The topological polar surface area (TPSA) is 54.2 Å². The lowest BCUT2D eigenvalue weighted by atomic mass is 10.2. The predicted octanol–water partition coefficient (Wildman–Crippen LogP) is 3.33. The van der Waals surface area contributed by atoms with Crippen LogP contribution in [0.3, 0.4) is 0 Å². The summed E-state index contributed by atoms with van der Waals surface area (Å²) >= 11 is 12.3. The van der Waals surface area contributed by atoms with E-state index in [2.05, 4.69) is 17.1 Å². The molecule has 0 saturated heterocycles. The summed E-state index contributed by atoms with van der Waals surface area (Å²) in [6.07, 6.45) is 2.76. The number of nitrogens with zero attached hydrogens (tertiary/aromatic N) is 4. The zero-order valence-corrected chi connectivity index (χ0v) is 13.6. The van der Waals surface area contributed by atoms with Crippen LogP contribution in [0.15, 0.2) is 18.5 Å². The smallest absolute Gasteiger partial charge is 0.147 e. The lowest BCUT2D eigenvalue weighted by Crippen LogP contribution is -2.20. The molecule has 1 heterocycles. The monoisotopic (exact) mass is 328 g/mol. The molecule has 0 aliphatic rings. The highest BCUT2D eigenvalue weighted by Crippen LogP contribution is 2.33. The Morgan fingerprint density at radius 3 is 2.76 bits per heavy atom. The lowest BCUT2D eigenvalue weighted by Gasteiger charge is -2.18. The highest BCUT2D eigenvalue weighted by molar-refractivity contribution is 6.36. The quantitative estimate of drug-likeness (QED) is 0.883. The van der Waals surface area contributed by atoms with Crippen LogP contribution in [0.4, 0.5) is 0 Å². The Morgan fingerprint density at radius 2 is 2.05 bits per heavy atom. The number of phenols is 1. The van der Waals surface area contributed by atoms with Crippen LogP contribution < -0.4 is 0 Å². The molecule has 0 aliphatic carbocycles. The van der Waals surface area contributed by atoms with Crippen LogP contribution in [0, 0.1) is 0 Å². The van der Waals surface area contributed by atoms with Crippen molar-refractivity contribution in [3.8, 4) is 5.75 Å². The van der Waals surface area contributed by atoms with E-state index in [4.69, 9.17) is 23.2 Å². The molecule has 2 aromatic rings. The maximum absolute atomic E-state index is 9.67. The van der Waals surface area contributed by atoms with Gasteiger partial charge in [-0.25, -0.2) is 0 Å². The van der Waals surface area contributed by atoms with Gasteiger partial charge in [-0.05, 0) is 25.6 Å². The number of aromatic nitrogens is 3. The summed E-state index contributed by atoms with van der Waals surface area (Å²) in [6, 6.07) is 3.14. The third-order valence-electron chi connectivity index (χ3n) is 3.17. The Kier molecular flexibility index (Phi) is 5.45. The van der Waals surface area contributed by atoms with Crippen LogP contribution in [0.5, 0.6) is 5.75 Å². The van der Waals surface area contributed by atoms with Gasteiger partial charge in [0.05, 0.1) is 11.6 Å². The Hall–Kier alpha value is -1.30. The standard InChI is InChI=1S/C14H18Cl2N4O/c1-3-6-20-9-17-18-13(20)8-19(2)7-10-11(15)4-5-12(21)14(10)16/h4-5,9,21H,3,6-8H2,1-2H3. The second-order valence-electron chi connectivity index (χ2n) is 4.97. The SMILES string of the molecule is CCCn1cnnc1CN(C)Cc1c(Cl)ccc(O)c1Cl. The summed E-state index contributed by atoms with van der Waals surface area (Å²) < 4.78 is 2.03. The summed E-state index contributed by atoms with van der Waals surface area (Å²) in [6.45, 7) is 4.15. The van der Waals surface area contributed by atoms with E-state index in [1.54, 1.807) is 12.4 Å². The summed E-state index contributed by atoms with van der Waals surface area (Å²) in [5, 5.41) is 18.6. The van der Waals surface area contributed by atoms with Crippen LogP contribution in [-0.2, 0) is 19.6 Å². The molecule has 1 aromatic heterocycles. The van der Waals surface area contributed by atoms with Gasteiger partial charge in [0.1, 0.15) is 17.9 Å². The third-order valence-corrected chi connectivity index (χ3v) is 3.94. The number of aromatic hydroxyl groups is 1. The molecule has 0 amide bonds. The van der Waals surface area contributed by atoms with Crippen molar-refractivity contribution in [2.45, 2.75) is 33.0 Å². The zero-order chi connectivity index (χ0) is 15.4. The van der Waals surface area contributed by atoms with Crippen LogP contribution in [-0.4, -0.2) is 31.8 Å². The Bertz CT molecular complexity index is 615. The number of phenolic OH excluding ortho intramolecular Hbond substituents is 1. The van der Waals surface area contributed by atoms with E-state index in [0.29, 0.717) is 28.7 Å². The van der Waals surface area contributed by atoms with Gasteiger partial charge in [0.15, 0.2) is 0 Å². The average molecular weight is 329 g/mol. The molecule has 0 unspecified atom stereocenters. The molecule has 1 N–H and O–H groups in total. The van der Waals surface area contributed by atoms with E-state index in [1.165, 1.54) is 6.07 Å². The molecule has 0 aliphatic heterocycles. The summed E-state index contributed by atoms with van der Waals surface area (Å²) in [4.78, 5) is 2.03. The van der Waals surface area contributed by atoms with E-state index in [1.807, 2.05) is 16.5 Å². The second-order valence-corrected chi connectivity index (χ2v) is 5.76. The van der Waals surface area contributed by atoms with Crippen molar-refractivity contribution in [3.05, 3.63) is 39.9 Å². The first-order chi connectivity index (χ1) is 10.0. The molecule has 21 heavy (non-hydrogen) atoms. The van der Waals surface area contributed by atoms with Gasteiger partial charge in [-0.15, -0.1) is 10.2 Å². The van der Waals surface area contributed by atoms with Crippen molar-refractivity contribution in [2.24, 2.45) is 0 Å². The largest absolute Gasteiger partial charge is 0.506 e. The van der Waals surface area contributed by atoms with E-state index in [0.717, 1.165) is 18.8 Å². The maximum atomic E-state index is 9.67. The fraction of sp³-hybridized carbons (Fsp3) is 0.429. The first-order valence-electron chi connectivity index (χ1n) is 6.74. The van der Waals surface area contributed by atoms with Crippen molar-refractivity contribution in [1.82, 2.24) is 19.7 Å². The number of aryl methyl sites for hydroxylation is 1. The second kappa shape index (κ2) is 7.11. The summed E-state index contributed by atoms with van der Waals surface area (Å²) in [5.41, 5.74) is 0.711. The molecule has 0 atom stereocenters. The molecule has 2 rings (SSSR count). The first kappa shape index (κ1) is 16.1. The van der Waals surface area contributed by atoms with Gasteiger partial charge < -0.3 is 9.67 Å². The van der Waals surface area contributed by atoms with E-state index >= 15 is 0 Å². The summed E-state index contributed by atoms with van der Waals surface area (Å²) in [7, 11) is 1.95. The molecule has 0 bridgehead atoms. The Labute approximate surface area is 134 Å². The van der Waals surface area contributed by atoms with Gasteiger partial charge in [0.25, 0.3) is 0 Å². The lowest BCUT2D eigenvalue weighted by molar-refractivity contribution is 0.304. The minimum atomic E-state index is 0.0404. The van der Waals surface area contributed by atoms with Gasteiger partial charge in [-0.1, -0.05) is 30.1 Å². The number of hydrogen-bond donors (Lipinski definition) is 1. The van der Waals surface area contributed by atoms with Crippen LogP contribution >= 0.6 is 23.2 Å². The number of rotatable bonds is 6. The minimum absolute atomic E-state index is 0.0404. The molecule has 7 heteroatoms. The molecule has 0 spiro atoms. The van der Waals surface area contributed by atoms with E-state index in [-0.39, 0.29) is 5.75 Å².